The summed E-state index contributed by atoms with van der Waals surface area (Å²) in [6.07, 6.45) is 1.51. The van der Waals surface area contributed by atoms with Gasteiger partial charge in [0.15, 0.2) is 0 Å². The van der Waals surface area contributed by atoms with Gasteiger partial charge in [-0.1, -0.05) is 29.3 Å². The van der Waals surface area contributed by atoms with Gasteiger partial charge in [-0.05, 0) is 41.6 Å². The SMILES string of the molecule is Cc1ncn(Cc2c(Cl)cccc2Cl)c(=O)c1I. The Labute approximate surface area is 128 Å². The van der Waals surface area contributed by atoms with E-state index in [-0.39, 0.29) is 5.56 Å². The maximum Gasteiger partial charge on any atom is 0.267 e. The van der Waals surface area contributed by atoms with Gasteiger partial charge in [-0.2, -0.15) is 0 Å². The Hall–Kier alpha value is -0.590. The highest BCUT2D eigenvalue weighted by molar-refractivity contribution is 14.1. The normalized spacial score (nSPS) is 10.7. The summed E-state index contributed by atoms with van der Waals surface area (Å²) in [5, 5.41) is 1.09. The first-order valence-electron chi connectivity index (χ1n) is 5.15. The largest absolute Gasteiger partial charge is 0.294 e. The van der Waals surface area contributed by atoms with E-state index in [9.17, 15) is 4.79 Å². The number of aryl methyl sites for hydroxylation is 1. The Bertz CT molecular complexity index is 635. The molecule has 0 atom stereocenters. The molecule has 0 amide bonds. The third kappa shape index (κ3) is 2.70. The maximum atomic E-state index is 12.0. The Morgan fingerprint density at radius 2 is 1.94 bits per heavy atom. The summed E-state index contributed by atoms with van der Waals surface area (Å²) in [5.41, 5.74) is 1.37. The minimum absolute atomic E-state index is 0.0842. The molecule has 0 fully saturated rings. The lowest BCUT2D eigenvalue weighted by atomic mass is 10.2. The molecule has 2 aromatic rings. The number of nitrogens with zero attached hydrogens (tertiary/aromatic N) is 2. The molecule has 0 aliphatic rings. The van der Waals surface area contributed by atoms with Crippen LogP contribution in [0.1, 0.15) is 11.3 Å². The van der Waals surface area contributed by atoms with Crippen LogP contribution >= 0.6 is 45.8 Å². The average Bonchev–Trinajstić information content (AvgIpc) is 2.34. The average molecular weight is 395 g/mol. The van der Waals surface area contributed by atoms with E-state index in [0.29, 0.717) is 20.2 Å². The zero-order valence-electron chi connectivity index (χ0n) is 9.45. The number of hydrogen-bond donors (Lipinski definition) is 0. The molecule has 18 heavy (non-hydrogen) atoms. The minimum Gasteiger partial charge on any atom is -0.294 e. The fraction of sp³-hybridized carbons (Fsp3) is 0.167. The molecule has 0 saturated carbocycles. The lowest BCUT2D eigenvalue weighted by Gasteiger charge is -2.10. The smallest absolute Gasteiger partial charge is 0.267 e. The molecule has 1 aromatic carbocycles. The zero-order valence-corrected chi connectivity index (χ0v) is 13.1. The second-order valence-corrected chi connectivity index (χ2v) is 5.67. The lowest BCUT2D eigenvalue weighted by molar-refractivity contribution is 0.724. The number of benzene rings is 1. The Morgan fingerprint density at radius 3 is 2.56 bits per heavy atom. The number of aromatic nitrogens is 2. The van der Waals surface area contributed by atoms with E-state index < -0.39 is 0 Å². The fourth-order valence-electron chi connectivity index (χ4n) is 1.51. The highest BCUT2D eigenvalue weighted by atomic mass is 127. The van der Waals surface area contributed by atoms with Crippen molar-refractivity contribution >= 4 is 45.8 Å². The molecule has 0 aliphatic heterocycles. The summed E-state index contributed by atoms with van der Waals surface area (Å²) in [6.45, 7) is 2.12. The molecule has 0 N–H and O–H groups in total. The van der Waals surface area contributed by atoms with Crippen molar-refractivity contribution in [3.8, 4) is 0 Å². The predicted molar refractivity (Wildman–Crippen MR) is 81.5 cm³/mol. The molecule has 0 radical (unpaired) electrons. The Balaban J connectivity index is 2.47. The van der Waals surface area contributed by atoms with Gasteiger partial charge in [0.2, 0.25) is 0 Å². The minimum atomic E-state index is -0.0842. The third-order valence-corrected chi connectivity index (χ3v) is 4.50. The lowest BCUT2D eigenvalue weighted by Crippen LogP contribution is -2.24. The molecule has 0 bridgehead atoms. The van der Waals surface area contributed by atoms with Crippen molar-refractivity contribution in [1.82, 2.24) is 9.55 Å². The van der Waals surface area contributed by atoms with Crippen molar-refractivity contribution in [2.24, 2.45) is 0 Å². The maximum absolute atomic E-state index is 12.0. The van der Waals surface area contributed by atoms with Crippen LogP contribution in [0.15, 0.2) is 29.3 Å². The third-order valence-electron chi connectivity index (χ3n) is 2.55. The van der Waals surface area contributed by atoms with Gasteiger partial charge >= 0.3 is 0 Å². The van der Waals surface area contributed by atoms with Crippen LogP contribution in [0.3, 0.4) is 0 Å². The van der Waals surface area contributed by atoms with Crippen LogP contribution in [0.5, 0.6) is 0 Å². The van der Waals surface area contributed by atoms with Gasteiger partial charge in [0.25, 0.3) is 5.56 Å². The molecule has 94 valence electrons. The number of halogens is 3. The molecule has 0 aliphatic carbocycles. The summed E-state index contributed by atoms with van der Waals surface area (Å²) in [4.78, 5) is 16.2. The summed E-state index contributed by atoms with van der Waals surface area (Å²) < 4.78 is 2.11. The van der Waals surface area contributed by atoms with E-state index in [4.69, 9.17) is 23.2 Å². The molecule has 0 unspecified atom stereocenters. The number of hydrogen-bond acceptors (Lipinski definition) is 2. The Kier molecular flexibility index (Phi) is 4.29. The number of rotatable bonds is 2. The van der Waals surface area contributed by atoms with Crippen LogP contribution in [0.2, 0.25) is 10.0 Å². The van der Waals surface area contributed by atoms with Gasteiger partial charge in [-0.25, -0.2) is 4.98 Å². The van der Waals surface area contributed by atoms with E-state index in [2.05, 4.69) is 4.98 Å². The fourth-order valence-corrected chi connectivity index (χ4v) is 2.48. The van der Waals surface area contributed by atoms with Crippen LogP contribution in [0.4, 0.5) is 0 Å². The van der Waals surface area contributed by atoms with Crippen molar-refractivity contribution in [1.29, 1.82) is 0 Å². The second-order valence-electron chi connectivity index (χ2n) is 3.78. The Morgan fingerprint density at radius 1 is 1.33 bits per heavy atom. The van der Waals surface area contributed by atoms with Crippen LogP contribution < -0.4 is 5.56 Å². The molecule has 0 spiro atoms. The zero-order chi connectivity index (χ0) is 13.3. The first-order valence-corrected chi connectivity index (χ1v) is 6.98. The van der Waals surface area contributed by atoms with Crippen molar-refractivity contribution in [2.45, 2.75) is 13.5 Å². The van der Waals surface area contributed by atoms with Crippen LogP contribution in [0.25, 0.3) is 0 Å². The van der Waals surface area contributed by atoms with Gasteiger partial charge in [-0.15, -0.1) is 0 Å². The molecule has 1 aromatic heterocycles. The summed E-state index contributed by atoms with van der Waals surface area (Å²) in [7, 11) is 0. The van der Waals surface area contributed by atoms with Crippen molar-refractivity contribution in [3.63, 3.8) is 0 Å². The van der Waals surface area contributed by atoms with Crippen molar-refractivity contribution < 1.29 is 0 Å². The van der Waals surface area contributed by atoms with Gasteiger partial charge in [-0.3, -0.25) is 9.36 Å². The molecular formula is C12H9Cl2IN2O. The molecule has 0 saturated heterocycles. The highest BCUT2D eigenvalue weighted by Gasteiger charge is 2.10. The monoisotopic (exact) mass is 394 g/mol. The molecule has 6 heteroatoms. The van der Waals surface area contributed by atoms with Crippen molar-refractivity contribution in [2.75, 3.05) is 0 Å². The first kappa shape index (κ1) is 13.8. The highest BCUT2D eigenvalue weighted by Crippen LogP contribution is 2.24. The molecule has 3 nitrogen and oxygen atoms in total. The van der Waals surface area contributed by atoms with Crippen LogP contribution in [-0.4, -0.2) is 9.55 Å². The van der Waals surface area contributed by atoms with Gasteiger partial charge < -0.3 is 0 Å². The topological polar surface area (TPSA) is 34.9 Å². The van der Waals surface area contributed by atoms with Gasteiger partial charge in [0.05, 0.1) is 22.1 Å². The quantitative estimate of drug-likeness (QED) is 0.730. The van der Waals surface area contributed by atoms with E-state index in [1.807, 2.05) is 22.6 Å². The van der Waals surface area contributed by atoms with Crippen LogP contribution in [-0.2, 0) is 6.54 Å². The summed E-state index contributed by atoms with van der Waals surface area (Å²) >= 11 is 14.2. The van der Waals surface area contributed by atoms with Crippen molar-refractivity contribution in [3.05, 3.63) is 59.8 Å². The molecular weight excluding hydrogens is 386 g/mol. The molecule has 2 rings (SSSR count). The summed E-state index contributed by atoms with van der Waals surface area (Å²) in [6, 6.07) is 5.27. The van der Waals surface area contributed by atoms with Crippen LogP contribution in [0, 0.1) is 10.5 Å². The second kappa shape index (κ2) is 5.59. The van der Waals surface area contributed by atoms with Gasteiger partial charge in [0, 0.05) is 15.6 Å². The van der Waals surface area contributed by atoms with E-state index in [0.717, 1.165) is 11.3 Å². The summed E-state index contributed by atoms with van der Waals surface area (Å²) in [5.74, 6) is 0. The first-order chi connectivity index (χ1) is 8.50. The van der Waals surface area contributed by atoms with E-state index in [1.165, 1.54) is 10.9 Å². The van der Waals surface area contributed by atoms with Gasteiger partial charge in [0.1, 0.15) is 0 Å². The predicted octanol–water partition coefficient (Wildman–Crippen LogP) is 3.51. The molecule has 1 heterocycles. The van der Waals surface area contributed by atoms with E-state index >= 15 is 0 Å². The standard InChI is InChI=1S/C12H9Cl2IN2O/c1-7-11(15)12(18)17(6-16-7)5-8-9(13)3-2-4-10(8)14/h2-4,6H,5H2,1H3. The van der Waals surface area contributed by atoms with E-state index in [1.54, 1.807) is 25.1 Å².